The topological polar surface area (TPSA) is 3.24 Å². The van der Waals surface area contributed by atoms with E-state index in [-0.39, 0.29) is 6.04 Å². The van der Waals surface area contributed by atoms with Crippen LogP contribution in [0.25, 0.3) is 0 Å². The summed E-state index contributed by atoms with van der Waals surface area (Å²) in [5, 5.41) is 0. The van der Waals surface area contributed by atoms with E-state index in [1.165, 1.54) is 6.42 Å². The van der Waals surface area contributed by atoms with Crippen molar-refractivity contribution in [2.24, 2.45) is 5.92 Å². The highest BCUT2D eigenvalue weighted by Crippen LogP contribution is 2.18. The predicted octanol–water partition coefficient (Wildman–Crippen LogP) is 3.49. The van der Waals surface area contributed by atoms with Crippen molar-refractivity contribution in [3.05, 3.63) is 0 Å². The van der Waals surface area contributed by atoms with E-state index in [9.17, 15) is 4.39 Å². The quantitative estimate of drug-likeness (QED) is 0.612. The van der Waals surface area contributed by atoms with Crippen molar-refractivity contribution in [1.29, 1.82) is 0 Å². The second kappa shape index (κ2) is 7.22. The molecule has 0 aliphatic heterocycles. The molecule has 0 aliphatic carbocycles. The lowest BCUT2D eigenvalue weighted by Gasteiger charge is -2.27. The third-order valence-corrected chi connectivity index (χ3v) is 3.12. The van der Waals surface area contributed by atoms with Crippen molar-refractivity contribution < 1.29 is 4.39 Å². The molecule has 0 aliphatic rings. The third kappa shape index (κ3) is 4.94. The molecule has 0 fully saturated rings. The van der Waals surface area contributed by atoms with E-state index in [4.69, 9.17) is 0 Å². The van der Waals surface area contributed by atoms with Gasteiger partial charge in [0.15, 0.2) is 0 Å². The van der Waals surface area contributed by atoms with Crippen LogP contribution in [0, 0.1) is 5.92 Å². The zero-order valence-electron chi connectivity index (χ0n) is 10.4. The highest BCUT2D eigenvalue weighted by molar-refractivity contribution is 4.75. The van der Waals surface area contributed by atoms with Gasteiger partial charge in [0.05, 0.1) is 0 Å². The van der Waals surface area contributed by atoms with Crippen LogP contribution in [0.5, 0.6) is 0 Å². The fourth-order valence-corrected chi connectivity index (χ4v) is 1.69. The van der Waals surface area contributed by atoms with Crippen molar-refractivity contribution in [1.82, 2.24) is 4.90 Å². The molecule has 0 radical (unpaired) electrons. The SMILES string of the molecule is CCC(C)CC[C@@H](C(F)CC)N(C)C. The number of nitrogens with zero attached hydrogens (tertiary/aromatic N) is 1. The van der Waals surface area contributed by atoms with Gasteiger partial charge in [-0.1, -0.05) is 27.2 Å². The van der Waals surface area contributed by atoms with Crippen LogP contribution >= 0.6 is 0 Å². The molecule has 0 aromatic rings. The smallest absolute Gasteiger partial charge is 0.115 e. The lowest BCUT2D eigenvalue weighted by atomic mass is 9.96. The molecule has 86 valence electrons. The Kier molecular flexibility index (Phi) is 7.16. The second-order valence-electron chi connectivity index (χ2n) is 4.55. The summed E-state index contributed by atoms with van der Waals surface area (Å²) in [6, 6.07) is 0.106. The van der Waals surface area contributed by atoms with E-state index in [0.717, 1.165) is 18.8 Å². The standard InChI is InChI=1S/C12H26FN/c1-6-10(3)8-9-12(14(4)5)11(13)7-2/h10-12H,6-9H2,1-5H3/t10?,11?,12-/m0/s1. The minimum atomic E-state index is -0.672. The Labute approximate surface area is 88.7 Å². The van der Waals surface area contributed by atoms with E-state index in [2.05, 4.69) is 13.8 Å². The molecule has 1 nitrogen and oxygen atoms in total. The zero-order valence-corrected chi connectivity index (χ0v) is 10.4. The molecule has 0 aromatic heterocycles. The first-order chi connectivity index (χ1) is 6.52. The van der Waals surface area contributed by atoms with Crippen LogP contribution in [-0.4, -0.2) is 31.2 Å². The Bertz CT molecular complexity index is 136. The normalized spacial score (nSPS) is 18.2. The van der Waals surface area contributed by atoms with Crippen molar-refractivity contribution in [3.63, 3.8) is 0 Å². The van der Waals surface area contributed by atoms with E-state index < -0.39 is 6.17 Å². The lowest BCUT2D eigenvalue weighted by Crippen LogP contribution is -2.36. The van der Waals surface area contributed by atoms with Crippen LogP contribution in [0.4, 0.5) is 4.39 Å². The summed E-state index contributed by atoms with van der Waals surface area (Å²) in [4.78, 5) is 2.02. The molecule has 0 N–H and O–H groups in total. The second-order valence-corrected chi connectivity index (χ2v) is 4.55. The van der Waals surface area contributed by atoms with Crippen LogP contribution in [-0.2, 0) is 0 Å². The van der Waals surface area contributed by atoms with E-state index in [1.807, 2.05) is 25.9 Å². The molecule has 0 saturated heterocycles. The lowest BCUT2D eigenvalue weighted by molar-refractivity contribution is 0.139. The fraction of sp³-hybridized carbons (Fsp3) is 1.00. The first-order valence-corrected chi connectivity index (χ1v) is 5.83. The van der Waals surface area contributed by atoms with Crippen molar-refractivity contribution in [2.45, 2.75) is 58.7 Å². The molecule has 0 rings (SSSR count). The summed E-state index contributed by atoms with van der Waals surface area (Å²) in [6.45, 7) is 6.36. The third-order valence-electron chi connectivity index (χ3n) is 3.12. The van der Waals surface area contributed by atoms with E-state index >= 15 is 0 Å². The van der Waals surface area contributed by atoms with E-state index in [1.54, 1.807) is 0 Å². The number of hydrogen-bond acceptors (Lipinski definition) is 1. The molecule has 2 heteroatoms. The summed E-state index contributed by atoms with van der Waals surface area (Å²) < 4.78 is 13.6. The van der Waals surface area contributed by atoms with Gasteiger partial charge in [-0.2, -0.15) is 0 Å². The molecule has 0 spiro atoms. The van der Waals surface area contributed by atoms with Gasteiger partial charge in [-0.25, -0.2) is 4.39 Å². The zero-order chi connectivity index (χ0) is 11.1. The van der Waals surface area contributed by atoms with Gasteiger partial charge in [-0.3, -0.25) is 0 Å². The maximum Gasteiger partial charge on any atom is 0.115 e. The number of alkyl halides is 1. The molecule has 0 amide bonds. The predicted molar refractivity (Wildman–Crippen MR) is 61.4 cm³/mol. The highest BCUT2D eigenvalue weighted by atomic mass is 19.1. The Morgan fingerprint density at radius 2 is 1.64 bits per heavy atom. The molecule has 0 saturated carbocycles. The van der Waals surface area contributed by atoms with Gasteiger partial charge in [0.25, 0.3) is 0 Å². The van der Waals surface area contributed by atoms with Gasteiger partial charge >= 0.3 is 0 Å². The largest absolute Gasteiger partial charge is 0.304 e. The molecule has 0 aromatic carbocycles. The van der Waals surface area contributed by atoms with Crippen molar-refractivity contribution in [2.75, 3.05) is 14.1 Å². The Balaban J connectivity index is 3.97. The summed E-state index contributed by atoms with van der Waals surface area (Å²) in [6.07, 6.45) is 3.28. The average Bonchev–Trinajstić information content (AvgIpc) is 2.16. The van der Waals surface area contributed by atoms with Crippen LogP contribution in [0.1, 0.15) is 46.5 Å². The molecule has 14 heavy (non-hydrogen) atoms. The Morgan fingerprint density at radius 1 is 1.07 bits per heavy atom. The number of halogens is 1. The van der Waals surface area contributed by atoms with Crippen molar-refractivity contribution in [3.8, 4) is 0 Å². The highest BCUT2D eigenvalue weighted by Gasteiger charge is 2.21. The Morgan fingerprint density at radius 3 is 2.00 bits per heavy atom. The minimum Gasteiger partial charge on any atom is -0.304 e. The van der Waals surface area contributed by atoms with Gasteiger partial charge in [0.1, 0.15) is 6.17 Å². The van der Waals surface area contributed by atoms with Crippen LogP contribution < -0.4 is 0 Å². The number of rotatable bonds is 7. The molecule has 0 bridgehead atoms. The first kappa shape index (κ1) is 13.9. The van der Waals surface area contributed by atoms with Gasteiger partial charge in [-0.05, 0) is 39.3 Å². The molecule has 2 unspecified atom stereocenters. The maximum absolute atomic E-state index is 13.6. The minimum absolute atomic E-state index is 0.106. The average molecular weight is 203 g/mol. The molecular formula is C12H26FN. The molecule has 0 heterocycles. The van der Waals surface area contributed by atoms with Crippen LogP contribution in [0.15, 0.2) is 0 Å². The van der Waals surface area contributed by atoms with Gasteiger partial charge in [0, 0.05) is 6.04 Å². The van der Waals surface area contributed by atoms with Crippen molar-refractivity contribution >= 4 is 0 Å². The maximum atomic E-state index is 13.6. The molecule has 3 atom stereocenters. The van der Waals surface area contributed by atoms with Gasteiger partial charge < -0.3 is 4.90 Å². The first-order valence-electron chi connectivity index (χ1n) is 5.83. The van der Waals surface area contributed by atoms with Crippen LogP contribution in [0.3, 0.4) is 0 Å². The van der Waals surface area contributed by atoms with Crippen LogP contribution in [0.2, 0.25) is 0 Å². The summed E-state index contributed by atoms with van der Waals surface area (Å²) in [5.41, 5.74) is 0. The van der Waals surface area contributed by atoms with E-state index in [0.29, 0.717) is 6.42 Å². The summed E-state index contributed by atoms with van der Waals surface area (Å²) in [7, 11) is 3.95. The van der Waals surface area contributed by atoms with Gasteiger partial charge in [0.2, 0.25) is 0 Å². The Hall–Kier alpha value is -0.110. The summed E-state index contributed by atoms with van der Waals surface area (Å²) >= 11 is 0. The monoisotopic (exact) mass is 203 g/mol. The van der Waals surface area contributed by atoms with Gasteiger partial charge in [-0.15, -0.1) is 0 Å². The molecular weight excluding hydrogens is 177 g/mol. The summed E-state index contributed by atoms with van der Waals surface area (Å²) in [5.74, 6) is 0.724. The fourth-order valence-electron chi connectivity index (χ4n) is 1.69. The number of hydrogen-bond donors (Lipinski definition) is 0.